The van der Waals surface area contributed by atoms with Gasteiger partial charge in [0.05, 0.1) is 11.5 Å². The molecule has 0 bridgehead atoms. The van der Waals surface area contributed by atoms with Gasteiger partial charge in [-0.3, -0.25) is 9.69 Å². The predicted molar refractivity (Wildman–Crippen MR) is 64.7 cm³/mol. The van der Waals surface area contributed by atoms with E-state index in [9.17, 15) is 4.79 Å². The first kappa shape index (κ1) is 12.4. The van der Waals surface area contributed by atoms with Crippen LogP contribution in [-0.2, 0) is 4.79 Å². The first-order chi connectivity index (χ1) is 6.99. The summed E-state index contributed by atoms with van der Waals surface area (Å²) in [5.41, 5.74) is 5.48. The Labute approximate surface area is 96.2 Å². The van der Waals surface area contributed by atoms with Crippen molar-refractivity contribution >= 4 is 23.1 Å². The summed E-state index contributed by atoms with van der Waals surface area (Å²) in [5, 5.41) is 2.95. The van der Waals surface area contributed by atoms with Gasteiger partial charge >= 0.3 is 0 Å². The van der Waals surface area contributed by atoms with E-state index >= 15 is 0 Å². The normalized spacial score (nSPS) is 15.7. The molecule has 1 amide bonds. The molecule has 0 aromatic carbocycles. The van der Waals surface area contributed by atoms with Gasteiger partial charge in [0.15, 0.2) is 0 Å². The Morgan fingerprint density at radius 2 is 2.13 bits per heavy atom. The molecular weight excluding hydrogens is 210 g/mol. The number of carbonyl (C=O) groups excluding carboxylic acids is 1. The molecular formula is C10H19N3OS. The molecule has 4 nitrogen and oxygen atoms in total. The van der Waals surface area contributed by atoms with Crippen LogP contribution in [0.5, 0.6) is 0 Å². The molecule has 0 saturated heterocycles. The summed E-state index contributed by atoms with van der Waals surface area (Å²) < 4.78 is 0. The largest absolute Gasteiger partial charge is 0.392 e. The fraction of sp³-hybridized carbons (Fsp3) is 0.800. The molecule has 0 spiro atoms. The van der Waals surface area contributed by atoms with Gasteiger partial charge in [0.1, 0.15) is 0 Å². The Morgan fingerprint density at radius 1 is 1.53 bits per heavy atom. The van der Waals surface area contributed by atoms with Gasteiger partial charge in [0, 0.05) is 18.6 Å². The summed E-state index contributed by atoms with van der Waals surface area (Å²) >= 11 is 4.85. The van der Waals surface area contributed by atoms with Crippen LogP contribution < -0.4 is 11.1 Å². The monoisotopic (exact) mass is 229 g/mol. The Bertz CT molecular complexity index is 251. The summed E-state index contributed by atoms with van der Waals surface area (Å²) in [6.07, 6.45) is 2.23. The number of nitrogens with one attached hydrogen (secondary N) is 1. The summed E-state index contributed by atoms with van der Waals surface area (Å²) in [4.78, 5) is 14.0. The highest BCUT2D eigenvalue weighted by molar-refractivity contribution is 7.80. The van der Waals surface area contributed by atoms with E-state index < -0.39 is 0 Å². The minimum Gasteiger partial charge on any atom is -0.392 e. The molecule has 1 aliphatic carbocycles. The third kappa shape index (κ3) is 5.09. The molecule has 0 aromatic rings. The van der Waals surface area contributed by atoms with Crippen molar-refractivity contribution in [2.45, 2.75) is 38.8 Å². The highest BCUT2D eigenvalue weighted by atomic mass is 32.1. The molecule has 0 radical (unpaired) electrons. The van der Waals surface area contributed by atoms with Crippen molar-refractivity contribution in [3.05, 3.63) is 0 Å². The van der Waals surface area contributed by atoms with Gasteiger partial charge in [0.2, 0.25) is 5.91 Å². The Balaban J connectivity index is 2.34. The van der Waals surface area contributed by atoms with Gasteiger partial charge in [-0.15, -0.1) is 0 Å². The van der Waals surface area contributed by atoms with Crippen molar-refractivity contribution < 1.29 is 4.79 Å². The number of hydrogen-bond acceptors (Lipinski definition) is 3. The van der Waals surface area contributed by atoms with Crippen LogP contribution in [0, 0.1) is 0 Å². The SMILES string of the molecule is CC(C)N(CC(=O)NC1CC1)CC(N)=S. The van der Waals surface area contributed by atoms with Crippen molar-refractivity contribution in [3.63, 3.8) is 0 Å². The van der Waals surface area contributed by atoms with Crippen molar-refractivity contribution in [2.75, 3.05) is 13.1 Å². The Morgan fingerprint density at radius 3 is 2.53 bits per heavy atom. The van der Waals surface area contributed by atoms with Crippen LogP contribution in [0.25, 0.3) is 0 Å². The van der Waals surface area contributed by atoms with E-state index in [2.05, 4.69) is 5.32 Å². The number of carbonyl (C=O) groups is 1. The van der Waals surface area contributed by atoms with Crippen LogP contribution in [0.1, 0.15) is 26.7 Å². The standard InChI is InChI=1S/C10H19N3OS/c1-7(2)13(5-9(11)15)6-10(14)12-8-3-4-8/h7-8H,3-6H2,1-2H3,(H2,11,15)(H,12,14). The van der Waals surface area contributed by atoms with Crippen LogP contribution in [0.3, 0.4) is 0 Å². The molecule has 0 heterocycles. The Hall–Kier alpha value is -0.680. The molecule has 0 aliphatic heterocycles. The van der Waals surface area contributed by atoms with Crippen molar-refractivity contribution in [2.24, 2.45) is 5.73 Å². The lowest BCUT2D eigenvalue weighted by Gasteiger charge is -2.25. The third-order valence-corrected chi connectivity index (χ3v) is 2.51. The van der Waals surface area contributed by atoms with Crippen LogP contribution in [0.4, 0.5) is 0 Å². The maximum atomic E-state index is 11.6. The van der Waals surface area contributed by atoms with Crippen LogP contribution >= 0.6 is 12.2 Å². The number of thiocarbonyl (C=S) groups is 1. The molecule has 5 heteroatoms. The summed E-state index contributed by atoms with van der Waals surface area (Å²) in [6, 6.07) is 0.688. The van der Waals surface area contributed by atoms with Gasteiger partial charge in [-0.2, -0.15) is 0 Å². The molecule has 1 fully saturated rings. The van der Waals surface area contributed by atoms with Crippen molar-refractivity contribution in [3.8, 4) is 0 Å². The second-order valence-corrected chi connectivity index (χ2v) is 4.83. The van der Waals surface area contributed by atoms with E-state index in [1.165, 1.54) is 0 Å². The van der Waals surface area contributed by atoms with E-state index in [-0.39, 0.29) is 11.9 Å². The van der Waals surface area contributed by atoms with Crippen LogP contribution in [0.15, 0.2) is 0 Å². The third-order valence-electron chi connectivity index (χ3n) is 2.38. The summed E-state index contributed by atoms with van der Waals surface area (Å²) in [6.45, 7) is 4.95. The first-order valence-corrected chi connectivity index (χ1v) is 5.71. The lowest BCUT2D eigenvalue weighted by Crippen LogP contribution is -2.44. The quantitative estimate of drug-likeness (QED) is 0.642. The fourth-order valence-corrected chi connectivity index (χ4v) is 1.47. The van der Waals surface area contributed by atoms with Gasteiger partial charge in [-0.25, -0.2) is 0 Å². The minimum atomic E-state index is 0.0717. The highest BCUT2D eigenvalue weighted by Gasteiger charge is 2.24. The van der Waals surface area contributed by atoms with E-state index in [4.69, 9.17) is 18.0 Å². The molecule has 0 unspecified atom stereocenters. The maximum absolute atomic E-state index is 11.6. The fourth-order valence-electron chi connectivity index (χ4n) is 1.31. The highest BCUT2D eigenvalue weighted by Crippen LogP contribution is 2.18. The average molecular weight is 229 g/mol. The number of nitrogens with zero attached hydrogens (tertiary/aromatic N) is 1. The first-order valence-electron chi connectivity index (χ1n) is 5.30. The molecule has 3 N–H and O–H groups in total. The van der Waals surface area contributed by atoms with Gasteiger partial charge in [-0.1, -0.05) is 12.2 Å². The predicted octanol–water partition coefficient (Wildman–Crippen LogP) is 0.262. The molecule has 1 saturated carbocycles. The smallest absolute Gasteiger partial charge is 0.234 e. The number of nitrogens with two attached hydrogens (primary N) is 1. The second kappa shape index (κ2) is 5.42. The topological polar surface area (TPSA) is 58.4 Å². The number of rotatable bonds is 6. The molecule has 86 valence electrons. The van der Waals surface area contributed by atoms with Gasteiger partial charge < -0.3 is 11.1 Å². The number of amides is 1. The zero-order valence-electron chi connectivity index (χ0n) is 9.32. The lowest BCUT2D eigenvalue weighted by molar-refractivity contribution is -0.122. The summed E-state index contributed by atoms with van der Waals surface area (Å²) in [5.74, 6) is 0.0717. The van der Waals surface area contributed by atoms with Crippen LogP contribution in [-0.4, -0.2) is 41.0 Å². The van der Waals surface area contributed by atoms with Crippen molar-refractivity contribution in [1.82, 2.24) is 10.2 Å². The molecule has 15 heavy (non-hydrogen) atoms. The van der Waals surface area contributed by atoms with Gasteiger partial charge in [-0.05, 0) is 26.7 Å². The maximum Gasteiger partial charge on any atom is 0.234 e. The zero-order valence-corrected chi connectivity index (χ0v) is 10.1. The van der Waals surface area contributed by atoms with Gasteiger partial charge in [0.25, 0.3) is 0 Å². The molecule has 1 aliphatic rings. The lowest BCUT2D eigenvalue weighted by atomic mass is 10.3. The average Bonchev–Trinajstić information content (AvgIpc) is 2.85. The summed E-state index contributed by atoms with van der Waals surface area (Å²) in [7, 11) is 0. The molecule has 0 aromatic heterocycles. The van der Waals surface area contributed by atoms with E-state index in [0.29, 0.717) is 24.1 Å². The molecule has 1 rings (SSSR count). The van der Waals surface area contributed by atoms with E-state index in [1.807, 2.05) is 18.7 Å². The van der Waals surface area contributed by atoms with E-state index in [0.717, 1.165) is 12.8 Å². The minimum absolute atomic E-state index is 0.0717. The molecule has 0 atom stereocenters. The van der Waals surface area contributed by atoms with Crippen molar-refractivity contribution in [1.29, 1.82) is 0 Å². The number of hydrogen-bond donors (Lipinski definition) is 2. The zero-order chi connectivity index (χ0) is 11.4. The second-order valence-electron chi connectivity index (χ2n) is 4.31. The van der Waals surface area contributed by atoms with E-state index in [1.54, 1.807) is 0 Å². The van der Waals surface area contributed by atoms with Crippen LogP contribution in [0.2, 0.25) is 0 Å². The Kier molecular flexibility index (Phi) is 4.47.